The van der Waals surface area contributed by atoms with Gasteiger partial charge < -0.3 is 15.4 Å². The highest BCUT2D eigenvalue weighted by molar-refractivity contribution is 5.62. The summed E-state index contributed by atoms with van der Waals surface area (Å²) in [4.78, 5) is 4.66. The molecule has 3 rings (SSSR count). The minimum atomic E-state index is -2.85. The lowest BCUT2D eigenvalue weighted by Crippen LogP contribution is -2.52. The second-order valence-electron chi connectivity index (χ2n) is 5.56. The van der Waals surface area contributed by atoms with E-state index in [1.165, 1.54) is 12.8 Å². The van der Waals surface area contributed by atoms with Crippen LogP contribution in [-0.4, -0.2) is 43.7 Å². The summed E-state index contributed by atoms with van der Waals surface area (Å²) in [5, 5.41) is 0. The van der Waals surface area contributed by atoms with E-state index in [1.54, 1.807) is 12.1 Å². The molecular weight excluding hydrogens is 264 g/mol. The number of rotatable bonds is 3. The van der Waals surface area contributed by atoms with Gasteiger partial charge in [-0.1, -0.05) is 0 Å². The Morgan fingerprint density at radius 3 is 2.50 bits per heavy atom. The predicted octanol–water partition coefficient (Wildman–Crippen LogP) is 2.15. The summed E-state index contributed by atoms with van der Waals surface area (Å²) in [7, 11) is 2.16. The molecule has 4 nitrogen and oxygen atoms in total. The topological polar surface area (TPSA) is 41.7 Å². The lowest BCUT2D eigenvalue weighted by atomic mass is 10.1. The molecule has 2 saturated heterocycles. The first-order valence-corrected chi connectivity index (χ1v) is 6.86. The molecule has 2 atom stereocenters. The Hall–Kier alpha value is -1.56. The van der Waals surface area contributed by atoms with Gasteiger partial charge in [-0.2, -0.15) is 8.78 Å². The van der Waals surface area contributed by atoms with Gasteiger partial charge in [0.1, 0.15) is 0 Å². The average molecular weight is 283 g/mol. The number of hydrogen-bond donors (Lipinski definition) is 1. The maximum Gasteiger partial charge on any atom is 0.387 e. The molecule has 110 valence electrons. The minimum absolute atomic E-state index is 0.0591. The number of nitrogens with zero attached hydrogens (tertiary/aromatic N) is 2. The van der Waals surface area contributed by atoms with Crippen LogP contribution in [0.25, 0.3) is 0 Å². The van der Waals surface area contributed by atoms with Crippen LogP contribution in [0.3, 0.4) is 0 Å². The zero-order chi connectivity index (χ0) is 14.3. The molecule has 0 spiro atoms. The van der Waals surface area contributed by atoms with Crippen molar-refractivity contribution in [3.05, 3.63) is 18.2 Å². The normalized spacial score (nSPS) is 26.3. The van der Waals surface area contributed by atoms with Crippen molar-refractivity contribution in [2.24, 2.45) is 0 Å². The summed E-state index contributed by atoms with van der Waals surface area (Å²) in [5.74, 6) is 0.0591. The van der Waals surface area contributed by atoms with Crippen molar-refractivity contribution in [2.75, 3.05) is 30.8 Å². The molecule has 20 heavy (non-hydrogen) atoms. The molecule has 2 heterocycles. The number of likely N-dealkylation sites (N-methyl/N-ethyl adjacent to an activating group) is 1. The number of alkyl halides is 2. The second-order valence-corrected chi connectivity index (χ2v) is 5.56. The molecule has 2 aliphatic heterocycles. The van der Waals surface area contributed by atoms with Crippen LogP contribution < -0.4 is 15.4 Å². The smallest absolute Gasteiger partial charge is 0.387 e. The number of benzene rings is 1. The molecule has 6 heteroatoms. The van der Waals surface area contributed by atoms with Gasteiger partial charge in [-0.15, -0.1) is 0 Å². The first-order valence-electron chi connectivity index (χ1n) is 6.86. The number of hydrogen-bond acceptors (Lipinski definition) is 4. The SMILES string of the molecule is CN1C2CCC1CN(c1ccc(N)c(OC(F)F)c1)C2. The van der Waals surface area contributed by atoms with Crippen LogP contribution in [-0.2, 0) is 0 Å². The van der Waals surface area contributed by atoms with E-state index in [1.807, 2.05) is 6.07 Å². The maximum absolute atomic E-state index is 12.4. The Labute approximate surface area is 117 Å². The van der Waals surface area contributed by atoms with Gasteiger partial charge in [0.05, 0.1) is 5.69 Å². The van der Waals surface area contributed by atoms with Gasteiger partial charge in [-0.3, -0.25) is 4.90 Å². The molecule has 2 aliphatic rings. The van der Waals surface area contributed by atoms with E-state index in [4.69, 9.17) is 5.73 Å². The van der Waals surface area contributed by atoms with Crippen LogP contribution in [0.2, 0.25) is 0 Å². The third-order valence-electron chi connectivity index (χ3n) is 4.43. The number of nitrogens with two attached hydrogens (primary N) is 1. The van der Waals surface area contributed by atoms with E-state index in [2.05, 4.69) is 21.6 Å². The number of fused-ring (bicyclic) bond motifs is 2. The second kappa shape index (κ2) is 5.09. The number of piperazine rings is 1. The van der Waals surface area contributed by atoms with Gasteiger partial charge in [0.2, 0.25) is 0 Å². The monoisotopic (exact) mass is 283 g/mol. The van der Waals surface area contributed by atoms with Crippen molar-refractivity contribution >= 4 is 11.4 Å². The minimum Gasteiger partial charge on any atom is -0.433 e. The first kappa shape index (κ1) is 13.4. The van der Waals surface area contributed by atoms with E-state index >= 15 is 0 Å². The fourth-order valence-corrected chi connectivity index (χ4v) is 3.24. The number of ether oxygens (including phenoxy) is 1. The predicted molar refractivity (Wildman–Crippen MR) is 74.3 cm³/mol. The Morgan fingerprint density at radius 2 is 1.90 bits per heavy atom. The summed E-state index contributed by atoms with van der Waals surface area (Å²) in [6, 6.07) is 6.22. The number of anilines is 2. The van der Waals surface area contributed by atoms with E-state index in [0.717, 1.165) is 18.8 Å². The summed E-state index contributed by atoms with van der Waals surface area (Å²) in [6.45, 7) is -1.01. The molecule has 2 unspecified atom stereocenters. The van der Waals surface area contributed by atoms with E-state index in [0.29, 0.717) is 12.1 Å². The Balaban J connectivity index is 1.81. The van der Waals surface area contributed by atoms with Gasteiger partial charge in [-0.05, 0) is 32.0 Å². The summed E-state index contributed by atoms with van der Waals surface area (Å²) < 4.78 is 29.2. The molecule has 2 bridgehead atoms. The third-order valence-corrected chi connectivity index (χ3v) is 4.43. The Morgan fingerprint density at radius 1 is 1.25 bits per heavy atom. The molecule has 2 N–H and O–H groups in total. The molecule has 2 fully saturated rings. The maximum atomic E-state index is 12.4. The fourth-order valence-electron chi connectivity index (χ4n) is 3.24. The summed E-state index contributed by atoms with van der Waals surface area (Å²) >= 11 is 0. The molecule has 0 aliphatic carbocycles. The van der Waals surface area contributed by atoms with Crippen molar-refractivity contribution in [3.63, 3.8) is 0 Å². The molecular formula is C14H19F2N3O. The van der Waals surface area contributed by atoms with Gasteiger partial charge in [0.15, 0.2) is 5.75 Å². The zero-order valence-corrected chi connectivity index (χ0v) is 11.4. The molecule has 0 saturated carbocycles. The third kappa shape index (κ3) is 2.40. The standard InChI is InChI=1S/C14H19F2N3O/c1-18-10-2-3-11(18)8-19(7-10)9-4-5-12(17)13(6-9)20-14(15)16/h4-6,10-11,14H,2-3,7-8,17H2,1H3. The highest BCUT2D eigenvalue weighted by atomic mass is 19.3. The largest absolute Gasteiger partial charge is 0.433 e. The Bertz CT molecular complexity index is 483. The zero-order valence-electron chi connectivity index (χ0n) is 11.4. The highest BCUT2D eigenvalue weighted by Gasteiger charge is 2.37. The lowest BCUT2D eigenvalue weighted by Gasteiger charge is -2.40. The summed E-state index contributed by atoms with van der Waals surface area (Å²) in [5.41, 5.74) is 6.82. The van der Waals surface area contributed by atoms with Gasteiger partial charge in [0, 0.05) is 36.9 Å². The fraction of sp³-hybridized carbons (Fsp3) is 0.571. The van der Waals surface area contributed by atoms with Crippen LogP contribution in [0.4, 0.5) is 20.2 Å². The highest BCUT2D eigenvalue weighted by Crippen LogP contribution is 2.34. The molecule has 0 amide bonds. The quantitative estimate of drug-likeness (QED) is 0.863. The number of nitrogen functional groups attached to an aromatic ring is 1. The van der Waals surface area contributed by atoms with E-state index < -0.39 is 6.61 Å². The van der Waals surface area contributed by atoms with Crippen molar-refractivity contribution in [2.45, 2.75) is 31.5 Å². The average Bonchev–Trinajstić information content (AvgIpc) is 2.64. The molecule has 0 radical (unpaired) electrons. The van der Waals surface area contributed by atoms with Gasteiger partial charge in [0.25, 0.3) is 0 Å². The van der Waals surface area contributed by atoms with Crippen molar-refractivity contribution in [1.29, 1.82) is 0 Å². The van der Waals surface area contributed by atoms with Gasteiger partial charge >= 0.3 is 6.61 Å². The molecule has 1 aromatic rings. The van der Waals surface area contributed by atoms with Crippen LogP contribution in [0, 0.1) is 0 Å². The van der Waals surface area contributed by atoms with Crippen LogP contribution in [0.5, 0.6) is 5.75 Å². The lowest BCUT2D eigenvalue weighted by molar-refractivity contribution is -0.0493. The summed E-state index contributed by atoms with van der Waals surface area (Å²) in [6.07, 6.45) is 2.40. The molecule has 1 aromatic carbocycles. The van der Waals surface area contributed by atoms with Crippen LogP contribution in [0.1, 0.15) is 12.8 Å². The molecule has 0 aromatic heterocycles. The first-order chi connectivity index (χ1) is 9.54. The van der Waals surface area contributed by atoms with Crippen LogP contribution >= 0.6 is 0 Å². The van der Waals surface area contributed by atoms with Crippen LogP contribution in [0.15, 0.2) is 18.2 Å². The Kier molecular flexibility index (Phi) is 3.41. The van der Waals surface area contributed by atoms with E-state index in [9.17, 15) is 8.78 Å². The van der Waals surface area contributed by atoms with Crippen molar-refractivity contribution in [1.82, 2.24) is 4.90 Å². The van der Waals surface area contributed by atoms with Crippen molar-refractivity contribution in [3.8, 4) is 5.75 Å². The van der Waals surface area contributed by atoms with Gasteiger partial charge in [-0.25, -0.2) is 0 Å². The van der Waals surface area contributed by atoms with E-state index in [-0.39, 0.29) is 11.4 Å². The van der Waals surface area contributed by atoms with Crippen molar-refractivity contribution < 1.29 is 13.5 Å². The number of halogens is 2.